The van der Waals surface area contributed by atoms with E-state index in [-0.39, 0.29) is 17.2 Å². The smallest absolute Gasteiger partial charge is 0.295 e. The average Bonchev–Trinajstić information content (AvgIpc) is 3.65. The van der Waals surface area contributed by atoms with Crippen molar-refractivity contribution < 1.29 is 19.1 Å². The van der Waals surface area contributed by atoms with Gasteiger partial charge >= 0.3 is 0 Å². The molecule has 1 aliphatic heterocycles. The Kier molecular flexibility index (Phi) is 6.88. The predicted molar refractivity (Wildman–Crippen MR) is 140 cm³/mol. The number of nitrogens with zero attached hydrogens (tertiary/aromatic N) is 6. The standard InChI is InChI=1S/C27H24N8O4/c1-29-26(37)24-32-15-35(33-24)25-22-21(20(39-2)14-31-25)19(13-30-22)23(36)27(38)34-10-8-17(9-11-34)18(12-28)16-6-4-3-5-7-16/h3-7,13-15,30H,8-11H2,1-2H3,(H,29,37). The normalized spacial score (nSPS) is 13.2. The molecule has 0 unspecified atom stereocenters. The molecule has 12 nitrogen and oxygen atoms in total. The number of pyridine rings is 1. The summed E-state index contributed by atoms with van der Waals surface area (Å²) in [4.78, 5) is 51.4. The molecule has 0 spiro atoms. The van der Waals surface area contributed by atoms with E-state index in [2.05, 4.69) is 31.4 Å². The second-order valence-electron chi connectivity index (χ2n) is 8.77. The fraction of sp³-hybridized carbons (Fsp3) is 0.222. The second kappa shape index (κ2) is 10.6. The van der Waals surface area contributed by atoms with E-state index in [4.69, 9.17) is 4.74 Å². The predicted octanol–water partition coefficient (Wildman–Crippen LogP) is 2.29. The van der Waals surface area contributed by atoms with Gasteiger partial charge in [0.1, 0.15) is 12.1 Å². The number of allylic oxidation sites excluding steroid dienone is 1. The van der Waals surface area contributed by atoms with Crippen LogP contribution in [0.25, 0.3) is 22.3 Å². The van der Waals surface area contributed by atoms with Crippen LogP contribution in [0.5, 0.6) is 5.75 Å². The Morgan fingerprint density at radius 3 is 2.54 bits per heavy atom. The number of nitrogens with one attached hydrogen (secondary N) is 2. The summed E-state index contributed by atoms with van der Waals surface area (Å²) in [5.74, 6) is -1.28. The van der Waals surface area contributed by atoms with E-state index in [1.165, 1.54) is 42.5 Å². The number of amides is 2. The van der Waals surface area contributed by atoms with Gasteiger partial charge in [0.05, 0.1) is 41.4 Å². The van der Waals surface area contributed by atoms with Crippen molar-refractivity contribution in [3.8, 4) is 17.6 Å². The van der Waals surface area contributed by atoms with Crippen LogP contribution in [0.4, 0.5) is 0 Å². The van der Waals surface area contributed by atoms with Crippen LogP contribution >= 0.6 is 0 Å². The van der Waals surface area contributed by atoms with Gasteiger partial charge in [-0.3, -0.25) is 14.4 Å². The van der Waals surface area contributed by atoms with Gasteiger partial charge in [0.2, 0.25) is 5.82 Å². The van der Waals surface area contributed by atoms with Crippen molar-refractivity contribution in [3.63, 3.8) is 0 Å². The van der Waals surface area contributed by atoms with E-state index < -0.39 is 17.6 Å². The molecule has 2 N–H and O–H groups in total. The molecule has 4 heterocycles. The third kappa shape index (κ3) is 4.61. The maximum atomic E-state index is 13.4. The van der Waals surface area contributed by atoms with E-state index in [1.54, 1.807) is 0 Å². The number of aromatic amines is 1. The Balaban J connectivity index is 1.41. The molecule has 0 atom stereocenters. The van der Waals surface area contributed by atoms with Crippen LogP contribution in [-0.2, 0) is 4.79 Å². The molecule has 12 heteroatoms. The summed E-state index contributed by atoms with van der Waals surface area (Å²) in [7, 11) is 2.91. The highest BCUT2D eigenvalue weighted by molar-refractivity contribution is 6.45. The molecule has 1 fully saturated rings. The molecule has 0 saturated carbocycles. The van der Waals surface area contributed by atoms with Gasteiger partial charge in [0, 0.05) is 26.3 Å². The van der Waals surface area contributed by atoms with Gasteiger partial charge in [0.15, 0.2) is 5.82 Å². The van der Waals surface area contributed by atoms with E-state index >= 15 is 0 Å². The van der Waals surface area contributed by atoms with Gasteiger partial charge in [-0.05, 0) is 24.0 Å². The number of ketones is 1. The summed E-state index contributed by atoms with van der Waals surface area (Å²) >= 11 is 0. The molecule has 5 rings (SSSR count). The summed E-state index contributed by atoms with van der Waals surface area (Å²) < 4.78 is 6.75. The highest BCUT2D eigenvalue weighted by Gasteiger charge is 2.30. The number of fused-ring (bicyclic) bond motifs is 1. The monoisotopic (exact) mass is 524 g/mol. The molecule has 0 radical (unpaired) electrons. The molecule has 196 valence electrons. The zero-order valence-corrected chi connectivity index (χ0v) is 21.3. The van der Waals surface area contributed by atoms with E-state index in [9.17, 15) is 19.6 Å². The van der Waals surface area contributed by atoms with Crippen LogP contribution in [0.15, 0.2) is 54.6 Å². The van der Waals surface area contributed by atoms with Crippen molar-refractivity contribution in [1.29, 1.82) is 5.26 Å². The Hall–Kier alpha value is -5.31. The Labute approximate surface area is 222 Å². The largest absolute Gasteiger partial charge is 0.494 e. The van der Waals surface area contributed by atoms with Crippen molar-refractivity contribution in [3.05, 3.63) is 71.6 Å². The number of carbonyl (C=O) groups is 3. The summed E-state index contributed by atoms with van der Waals surface area (Å²) in [6.45, 7) is 0.650. The van der Waals surface area contributed by atoms with Gasteiger partial charge in [-0.2, -0.15) is 9.94 Å². The zero-order valence-electron chi connectivity index (χ0n) is 21.3. The first-order valence-electron chi connectivity index (χ1n) is 12.2. The third-order valence-electron chi connectivity index (χ3n) is 6.63. The number of nitriles is 1. The molecular formula is C27H24N8O4. The summed E-state index contributed by atoms with van der Waals surface area (Å²) in [6, 6.07) is 11.7. The lowest BCUT2D eigenvalue weighted by molar-refractivity contribution is -0.126. The van der Waals surface area contributed by atoms with Crippen molar-refractivity contribution in [1.82, 2.24) is 34.9 Å². The van der Waals surface area contributed by atoms with Gasteiger partial charge in [-0.25, -0.2) is 9.97 Å². The number of ether oxygens (including phenoxy) is 1. The summed E-state index contributed by atoms with van der Waals surface area (Å²) in [6.07, 6.45) is 5.19. The SMILES string of the molecule is CNC(=O)c1ncn(-c2ncc(OC)c3c(C(=O)C(=O)N4CCC(=C(C#N)c5ccccc5)CC4)c[nH]c23)n1. The maximum absolute atomic E-state index is 13.4. The number of likely N-dealkylation sites (tertiary alicyclic amines) is 1. The Morgan fingerprint density at radius 2 is 1.87 bits per heavy atom. The molecular weight excluding hydrogens is 500 g/mol. The number of benzene rings is 1. The lowest BCUT2D eigenvalue weighted by atomic mass is 9.93. The fourth-order valence-electron chi connectivity index (χ4n) is 4.63. The quantitative estimate of drug-likeness (QED) is 0.221. The zero-order chi connectivity index (χ0) is 27.5. The van der Waals surface area contributed by atoms with Gasteiger partial charge in [0.25, 0.3) is 17.6 Å². The first kappa shape index (κ1) is 25.3. The molecule has 0 bridgehead atoms. The lowest BCUT2D eigenvalue weighted by Gasteiger charge is -2.28. The van der Waals surface area contributed by atoms with E-state index in [0.717, 1.165) is 11.1 Å². The van der Waals surface area contributed by atoms with Crippen LogP contribution in [0.2, 0.25) is 0 Å². The van der Waals surface area contributed by atoms with E-state index in [1.807, 2.05) is 30.3 Å². The van der Waals surface area contributed by atoms with Gasteiger partial charge in [-0.15, -0.1) is 5.10 Å². The highest BCUT2D eigenvalue weighted by atomic mass is 16.5. The molecule has 1 aromatic carbocycles. The van der Waals surface area contributed by atoms with Crippen LogP contribution in [0.3, 0.4) is 0 Å². The van der Waals surface area contributed by atoms with Crippen LogP contribution in [-0.4, -0.2) is 74.5 Å². The number of Topliss-reactive ketones (excluding diaryl/α,β-unsaturated/α-hetero) is 1. The Bertz CT molecular complexity index is 1650. The lowest BCUT2D eigenvalue weighted by Crippen LogP contribution is -2.40. The fourth-order valence-corrected chi connectivity index (χ4v) is 4.63. The number of rotatable bonds is 6. The van der Waals surface area contributed by atoms with Gasteiger partial charge < -0.3 is 19.9 Å². The van der Waals surface area contributed by atoms with Crippen molar-refractivity contribution in [2.45, 2.75) is 12.8 Å². The Morgan fingerprint density at radius 1 is 1.13 bits per heavy atom. The maximum Gasteiger partial charge on any atom is 0.295 e. The molecule has 3 aromatic heterocycles. The highest BCUT2D eigenvalue weighted by Crippen LogP contribution is 2.32. The number of hydrogen-bond acceptors (Lipinski definition) is 8. The number of aromatic nitrogens is 5. The molecule has 1 aliphatic rings. The van der Waals surface area contributed by atoms with E-state index in [0.29, 0.717) is 48.2 Å². The van der Waals surface area contributed by atoms with Crippen molar-refractivity contribution in [2.24, 2.45) is 0 Å². The first-order valence-corrected chi connectivity index (χ1v) is 12.2. The molecule has 1 saturated heterocycles. The van der Waals surface area contributed by atoms with Crippen molar-refractivity contribution >= 4 is 34.1 Å². The molecule has 0 aliphatic carbocycles. The topological polar surface area (TPSA) is 159 Å². The third-order valence-corrected chi connectivity index (χ3v) is 6.63. The van der Waals surface area contributed by atoms with Crippen LogP contribution in [0, 0.1) is 11.3 Å². The van der Waals surface area contributed by atoms with Crippen molar-refractivity contribution in [2.75, 3.05) is 27.2 Å². The van der Waals surface area contributed by atoms with Gasteiger partial charge in [-0.1, -0.05) is 30.3 Å². The minimum Gasteiger partial charge on any atom is -0.494 e. The van der Waals surface area contributed by atoms with Crippen LogP contribution < -0.4 is 10.1 Å². The molecule has 39 heavy (non-hydrogen) atoms. The summed E-state index contributed by atoms with van der Waals surface area (Å²) in [5.41, 5.74) is 2.95. The number of carbonyl (C=O) groups excluding carboxylic acids is 3. The minimum atomic E-state index is -0.697. The second-order valence-corrected chi connectivity index (χ2v) is 8.77. The van der Waals surface area contributed by atoms with Crippen LogP contribution in [0.1, 0.15) is 39.4 Å². The molecule has 4 aromatic rings. The first-order chi connectivity index (χ1) is 19.0. The number of H-pyrrole nitrogens is 1. The minimum absolute atomic E-state index is 0.0494. The summed E-state index contributed by atoms with van der Waals surface area (Å²) in [5, 5.41) is 16.7. The molecule has 2 amide bonds. The average molecular weight is 525 g/mol. The number of methoxy groups -OCH3 is 1. The number of hydrogen-bond donors (Lipinski definition) is 2. The number of piperidine rings is 1.